The zero-order valence-corrected chi connectivity index (χ0v) is 17.0. The molecule has 2 atom stereocenters. The topological polar surface area (TPSA) is 93.7 Å². The molecule has 2 rings (SSSR count). The third kappa shape index (κ3) is 7.21. The standard InChI is InChI=1S/C21H30N2O5/c1-14-8-5-6-11-17(14)23-18(24)13-27-19(25)15-9-7-10-16(12-15)22-20(26)28-21(2,3)4/h7,9-10,12,14,17H,5-6,8,11,13H2,1-4H3,(H,22,26)(H,23,24)/t14-,17-/m1/s1. The zero-order chi connectivity index (χ0) is 20.7. The Kier molecular flexibility index (Phi) is 7.43. The lowest BCUT2D eigenvalue weighted by Gasteiger charge is -2.29. The Bertz CT molecular complexity index is 711. The van der Waals surface area contributed by atoms with E-state index in [1.165, 1.54) is 12.5 Å². The summed E-state index contributed by atoms with van der Waals surface area (Å²) in [6.07, 6.45) is 3.74. The third-order valence-electron chi connectivity index (χ3n) is 4.54. The lowest BCUT2D eigenvalue weighted by Crippen LogP contribution is -2.42. The van der Waals surface area contributed by atoms with Gasteiger partial charge in [-0.05, 0) is 57.7 Å². The maximum Gasteiger partial charge on any atom is 0.412 e. The molecule has 0 saturated heterocycles. The Morgan fingerprint density at radius 3 is 2.54 bits per heavy atom. The largest absolute Gasteiger partial charge is 0.452 e. The third-order valence-corrected chi connectivity index (χ3v) is 4.54. The second-order valence-corrected chi connectivity index (χ2v) is 8.22. The molecule has 1 aliphatic rings. The van der Waals surface area contributed by atoms with Crippen LogP contribution < -0.4 is 10.6 Å². The summed E-state index contributed by atoms with van der Waals surface area (Å²) in [6, 6.07) is 6.43. The number of anilines is 1. The van der Waals surface area contributed by atoms with Gasteiger partial charge in [-0.2, -0.15) is 0 Å². The second kappa shape index (κ2) is 9.57. The van der Waals surface area contributed by atoms with Crippen molar-refractivity contribution in [2.24, 2.45) is 5.92 Å². The Labute approximate surface area is 166 Å². The molecule has 0 bridgehead atoms. The van der Waals surface area contributed by atoms with Gasteiger partial charge in [0.25, 0.3) is 5.91 Å². The molecule has 154 valence electrons. The first-order chi connectivity index (χ1) is 13.1. The Hall–Kier alpha value is -2.57. The number of carbonyl (C=O) groups is 3. The van der Waals surface area contributed by atoms with Crippen molar-refractivity contribution in [1.82, 2.24) is 5.32 Å². The molecule has 2 N–H and O–H groups in total. The monoisotopic (exact) mass is 390 g/mol. The summed E-state index contributed by atoms with van der Waals surface area (Å²) < 4.78 is 10.3. The maximum atomic E-state index is 12.2. The molecule has 1 saturated carbocycles. The van der Waals surface area contributed by atoms with Crippen LogP contribution in [0.4, 0.5) is 10.5 Å². The fourth-order valence-corrected chi connectivity index (χ4v) is 3.14. The fourth-order valence-electron chi connectivity index (χ4n) is 3.14. The molecule has 2 amide bonds. The summed E-state index contributed by atoms with van der Waals surface area (Å²) in [5.41, 5.74) is 0.0284. The number of hydrogen-bond donors (Lipinski definition) is 2. The molecule has 1 aliphatic carbocycles. The molecule has 0 spiro atoms. The molecule has 0 radical (unpaired) electrons. The van der Waals surface area contributed by atoms with Gasteiger partial charge in [0, 0.05) is 11.7 Å². The quantitative estimate of drug-likeness (QED) is 0.744. The van der Waals surface area contributed by atoms with Crippen molar-refractivity contribution in [1.29, 1.82) is 0 Å². The summed E-state index contributed by atoms with van der Waals surface area (Å²) in [6.45, 7) is 7.09. The van der Waals surface area contributed by atoms with Crippen LogP contribution in [0.25, 0.3) is 0 Å². The average Bonchev–Trinajstić information content (AvgIpc) is 2.60. The first-order valence-corrected chi connectivity index (χ1v) is 9.70. The van der Waals surface area contributed by atoms with E-state index in [1.54, 1.807) is 39.0 Å². The van der Waals surface area contributed by atoms with Crippen LogP contribution in [0.3, 0.4) is 0 Å². The van der Waals surface area contributed by atoms with Crippen molar-refractivity contribution in [3.8, 4) is 0 Å². The van der Waals surface area contributed by atoms with E-state index in [4.69, 9.17) is 9.47 Å². The molecule has 28 heavy (non-hydrogen) atoms. The predicted octanol–water partition coefficient (Wildman–Crippen LogP) is 3.89. The Balaban J connectivity index is 1.85. The summed E-state index contributed by atoms with van der Waals surface area (Å²) in [5, 5.41) is 5.51. The van der Waals surface area contributed by atoms with Gasteiger partial charge in [0.05, 0.1) is 5.56 Å². The molecule has 0 aromatic heterocycles. The van der Waals surface area contributed by atoms with Crippen LogP contribution in [0.5, 0.6) is 0 Å². The highest BCUT2D eigenvalue weighted by atomic mass is 16.6. The molecule has 0 unspecified atom stereocenters. The van der Waals surface area contributed by atoms with Gasteiger partial charge >= 0.3 is 12.1 Å². The lowest BCUT2D eigenvalue weighted by atomic mass is 9.86. The van der Waals surface area contributed by atoms with Gasteiger partial charge in [-0.3, -0.25) is 10.1 Å². The van der Waals surface area contributed by atoms with Crippen molar-refractivity contribution in [3.05, 3.63) is 29.8 Å². The summed E-state index contributed by atoms with van der Waals surface area (Å²) >= 11 is 0. The second-order valence-electron chi connectivity index (χ2n) is 8.22. The fraction of sp³-hybridized carbons (Fsp3) is 0.571. The molecule has 7 nitrogen and oxygen atoms in total. The smallest absolute Gasteiger partial charge is 0.412 e. The minimum absolute atomic E-state index is 0.140. The molecule has 7 heteroatoms. The first-order valence-electron chi connectivity index (χ1n) is 9.70. The van der Waals surface area contributed by atoms with Crippen molar-refractivity contribution in [2.75, 3.05) is 11.9 Å². The lowest BCUT2D eigenvalue weighted by molar-refractivity contribution is -0.125. The molecular weight excluding hydrogens is 360 g/mol. The predicted molar refractivity (Wildman–Crippen MR) is 106 cm³/mol. The van der Waals surface area contributed by atoms with Crippen LogP contribution in [0.2, 0.25) is 0 Å². The van der Waals surface area contributed by atoms with Crippen molar-refractivity contribution in [2.45, 2.75) is 65.0 Å². The van der Waals surface area contributed by atoms with E-state index in [0.29, 0.717) is 11.6 Å². The highest BCUT2D eigenvalue weighted by Crippen LogP contribution is 2.23. The van der Waals surface area contributed by atoms with Gasteiger partial charge in [-0.1, -0.05) is 25.8 Å². The summed E-state index contributed by atoms with van der Waals surface area (Å²) in [4.78, 5) is 36.1. The van der Waals surface area contributed by atoms with E-state index >= 15 is 0 Å². The van der Waals surface area contributed by atoms with E-state index in [0.717, 1.165) is 19.3 Å². The minimum Gasteiger partial charge on any atom is -0.452 e. The van der Waals surface area contributed by atoms with Crippen LogP contribution in [0.1, 0.15) is 63.7 Å². The van der Waals surface area contributed by atoms with E-state index in [-0.39, 0.29) is 24.1 Å². The van der Waals surface area contributed by atoms with E-state index in [9.17, 15) is 14.4 Å². The number of ether oxygens (including phenoxy) is 2. The molecular formula is C21H30N2O5. The van der Waals surface area contributed by atoms with Gasteiger partial charge in [0.15, 0.2) is 6.61 Å². The SMILES string of the molecule is C[C@@H]1CCCC[C@H]1NC(=O)COC(=O)c1cccc(NC(=O)OC(C)(C)C)c1. The van der Waals surface area contributed by atoms with Crippen molar-refractivity contribution < 1.29 is 23.9 Å². The van der Waals surface area contributed by atoms with E-state index in [1.807, 2.05) is 0 Å². The Morgan fingerprint density at radius 1 is 1.14 bits per heavy atom. The van der Waals surface area contributed by atoms with Gasteiger partial charge in [0.1, 0.15) is 5.60 Å². The number of amides is 2. The van der Waals surface area contributed by atoms with Crippen LogP contribution in [-0.2, 0) is 14.3 Å². The molecule has 0 heterocycles. The van der Waals surface area contributed by atoms with Gasteiger partial charge < -0.3 is 14.8 Å². The summed E-state index contributed by atoms with van der Waals surface area (Å²) in [7, 11) is 0. The number of hydrogen-bond acceptors (Lipinski definition) is 5. The van der Waals surface area contributed by atoms with Gasteiger partial charge in [-0.15, -0.1) is 0 Å². The van der Waals surface area contributed by atoms with Gasteiger partial charge in [-0.25, -0.2) is 9.59 Å². The summed E-state index contributed by atoms with van der Waals surface area (Å²) in [5.74, 6) is -0.487. The van der Waals surface area contributed by atoms with Crippen LogP contribution >= 0.6 is 0 Å². The van der Waals surface area contributed by atoms with E-state index < -0.39 is 17.7 Å². The zero-order valence-electron chi connectivity index (χ0n) is 17.0. The minimum atomic E-state index is -0.625. The Morgan fingerprint density at radius 2 is 1.86 bits per heavy atom. The van der Waals surface area contributed by atoms with Crippen LogP contribution in [0, 0.1) is 5.92 Å². The van der Waals surface area contributed by atoms with Crippen molar-refractivity contribution in [3.63, 3.8) is 0 Å². The van der Waals surface area contributed by atoms with Gasteiger partial charge in [0.2, 0.25) is 0 Å². The van der Waals surface area contributed by atoms with Crippen LogP contribution in [-0.4, -0.2) is 36.2 Å². The van der Waals surface area contributed by atoms with Crippen LogP contribution in [0.15, 0.2) is 24.3 Å². The number of benzene rings is 1. The molecule has 1 aromatic carbocycles. The van der Waals surface area contributed by atoms with Crippen molar-refractivity contribution >= 4 is 23.7 Å². The molecule has 0 aliphatic heterocycles. The number of carbonyl (C=O) groups excluding carboxylic acids is 3. The molecule has 1 aromatic rings. The normalized spacial score (nSPS) is 19.4. The number of rotatable bonds is 5. The maximum absolute atomic E-state index is 12.2. The first kappa shape index (κ1) is 21.7. The highest BCUT2D eigenvalue weighted by molar-refractivity contribution is 5.93. The number of esters is 1. The van der Waals surface area contributed by atoms with E-state index in [2.05, 4.69) is 17.6 Å². The number of nitrogens with one attached hydrogen (secondary N) is 2. The average molecular weight is 390 g/mol. The molecule has 1 fully saturated rings. The highest BCUT2D eigenvalue weighted by Gasteiger charge is 2.23.